The molecule has 1 fully saturated rings. The molecule has 2 aliphatic rings. The number of anilines is 1. The van der Waals surface area contributed by atoms with Gasteiger partial charge in [-0.15, -0.1) is 0 Å². The zero-order valence-corrected chi connectivity index (χ0v) is 18.4. The zero-order valence-electron chi connectivity index (χ0n) is 17.6. The summed E-state index contributed by atoms with van der Waals surface area (Å²) in [6.07, 6.45) is 3.18. The summed E-state index contributed by atoms with van der Waals surface area (Å²) in [5.41, 5.74) is 5.18. The number of benzene rings is 1. The van der Waals surface area contributed by atoms with Gasteiger partial charge in [0, 0.05) is 31.4 Å². The Labute approximate surface area is 167 Å². The molecule has 1 atom stereocenters. The van der Waals surface area contributed by atoms with Gasteiger partial charge in [0.15, 0.2) is 5.17 Å². The maximum Gasteiger partial charge on any atom is 0.266 e. The van der Waals surface area contributed by atoms with Crippen molar-refractivity contribution in [1.82, 2.24) is 4.90 Å². The molecular weight excluding hydrogens is 354 g/mol. The maximum atomic E-state index is 12.8. The molecule has 3 rings (SSSR count). The molecule has 1 unspecified atom stereocenters. The number of hydrogen-bond acceptors (Lipinski definition) is 4. The van der Waals surface area contributed by atoms with Gasteiger partial charge in [-0.25, -0.2) is 0 Å². The molecule has 0 N–H and O–H groups in total. The normalized spacial score (nSPS) is 24.9. The van der Waals surface area contributed by atoms with Gasteiger partial charge in [-0.2, -0.15) is 0 Å². The predicted octanol–water partition coefficient (Wildman–Crippen LogP) is 5.03. The van der Waals surface area contributed by atoms with Crippen LogP contribution in [-0.4, -0.2) is 41.7 Å². The summed E-state index contributed by atoms with van der Waals surface area (Å²) in [4.78, 5) is 22.2. The van der Waals surface area contributed by atoms with Crippen LogP contribution >= 0.6 is 11.8 Å². The van der Waals surface area contributed by atoms with E-state index < -0.39 is 0 Å². The molecule has 4 nitrogen and oxygen atoms in total. The molecule has 146 valence electrons. The highest BCUT2D eigenvalue weighted by Crippen LogP contribution is 2.44. The number of aliphatic imine (C=N–C) groups is 1. The van der Waals surface area contributed by atoms with Crippen LogP contribution in [0.5, 0.6) is 0 Å². The predicted molar refractivity (Wildman–Crippen MR) is 118 cm³/mol. The number of hydrogen-bond donors (Lipinski definition) is 0. The van der Waals surface area contributed by atoms with Crippen molar-refractivity contribution in [3.8, 4) is 0 Å². The first kappa shape index (κ1) is 20.0. The lowest BCUT2D eigenvalue weighted by Gasteiger charge is -2.45. The van der Waals surface area contributed by atoms with E-state index in [4.69, 9.17) is 0 Å². The number of carbonyl (C=O) groups is 1. The second-order valence-corrected chi connectivity index (χ2v) is 9.17. The highest BCUT2D eigenvalue weighted by molar-refractivity contribution is 8.18. The summed E-state index contributed by atoms with van der Waals surface area (Å²) >= 11 is 1.50. The van der Waals surface area contributed by atoms with Crippen molar-refractivity contribution in [3.05, 3.63) is 33.7 Å². The van der Waals surface area contributed by atoms with Crippen molar-refractivity contribution in [2.45, 2.75) is 59.4 Å². The van der Waals surface area contributed by atoms with Gasteiger partial charge in [0.25, 0.3) is 5.91 Å². The standard InChI is InChI=1S/C22H31N3OS/c1-8-23-21-25(9-2)20(26)19(27-21)12-16-11-17-15(4)13-22(5,6)24(7)18(17)10-14(16)3/h10-12,15H,8-9,13H2,1-7H3/b19-12-,23-21?. The molecule has 1 aromatic carbocycles. The van der Waals surface area contributed by atoms with E-state index in [1.807, 2.05) is 13.8 Å². The van der Waals surface area contributed by atoms with Crippen molar-refractivity contribution < 1.29 is 4.79 Å². The van der Waals surface area contributed by atoms with Crippen molar-refractivity contribution in [2.75, 3.05) is 25.0 Å². The van der Waals surface area contributed by atoms with Crippen LogP contribution in [0.25, 0.3) is 6.08 Å². The second-order valence-electron chi connectivity index (χ2n) is 8.16. The van der Waals surface area contributed by atoms with Gasteiger partial charge in [0.05, 0.1) is 4.91 Å². The molecule has 0 bridgehead atoms. The van der Waals surface area contributed by atoms with Crippen molar-refractivity contribution in [1.29, 1.82) is 0 Å². The Morgan fingerprint density at radius 3 is 2.67 bits per heavy atom. The highest BCUT2D eigenvalue weighted by Gasteiger charge is 2.35. The van der Waals surface area contributed by atoms with Crippen LogP contribution in [0.3, 0.4) is 0 Å². The number of carbonyl (C=O) groups excluding carboxylic acids is 1. The van der Waals surface area contributed by atoms with Crippen LogP contribution in [-0.2, 0) is 4.79 Å². The quantitative estimate of drug-likeness (QED) is 0.685. The molecular formula is C22H31N3OS. The number of amides is 1. The van der Waals surface area contributed by atoms with Crippen LogP contribution in [0.2, 0.25) is 0 Å². The van der Waals surface area contributed by atoms with E-state index in [0.29, 0.717) is 19.0 Å². The van der Waals surface area contributed by atoms with E-state index in [1.165, 1.54) is 28.6 Å². The molecule has 0 radical (unpaired) electrons. The van der Waals surface area contributed by atoms with Gasteiger partial charge < -0.3 is 4.90 Å². The average Bonchev–Trinajstić information content (AvgIpc) is 2.89. The first-order valence-corrected chi connectivity index (χ1v) is 10.7. The topological polar surface area (TPSA) is 35.9 Å². The van der Waals surface area contributed by atoms with Gasteiger partial charge in [0.2, 0.25) is 0 Å². The van der Waals surface area contributed by atoms with Crippen molar-refractivity contribution in [2.24, 2.45) is 4.99 Å². The molecule has 0 aromatic heterocycles. The van der Waals surface area contributed by atoms with Crippen LogP contribution in [0.1, 0.15) is 63.6 Å². The minimum Gasteiger partial charge on any atom is -0.369 e. The molecule has 2 aliphatic heterocycles. The Hall–Kier alpha value is -1.75. The third-order valence-electron chi connectivity index (χ3n) is 5.81. The second kappa shape index (κ2) is 7.34. The third kappa shape index (κ3) is 3.54. The van der Waals surface area contributed by atoms with E-state index in [1.54, 1.807) is 4.90 Å². The van der Waals surface area contributed by atoms with E-state index in [9.17, 15) is 4.79 Å². The Balaban J connectivity index is 2.02. The first-order valence-electron chi connectivity index (χ1n) is 9.83. The lowest BCUT2D eigenvalue weighted by molar-refractivity contribution is -0.122. The molecule has 0 aliphatic carbocycles. The lowest BCUT2D eigenvalue weighted by atomic mass is 9.79. The number of thioether (sulfide) groups is 1. The van der Waals surface area contributed by atoms with Gasteiger partial charge in [-0.05, 0) is 93.6 Å². The number of amidine groups is 1. The van der Waals surface area contributed by atoms with Crippen LogP contribution in [0, 0.1) is 6.92 Å². The monoisotopic (exact) mass is 385 g/mol. The molecule has 1 saturated heterocycles. The van der Waals surface area contributed by atoms with Crippen molar-refractivity contribution >= 4 is 34.6 Å². The van der Waals surface area contributed by atoms with Crippen LogP contribution in [0.4, 0.5) is 5.69 Å². The van der Waals surface area contributed by atoms with E-state index in [2.05, 4.69) is 62.8 Å². The molecule has 2 heterocycles. The van der Waals surface area contributed by atoms with Gasteiger partial charge in [0.1, 0.15) is 0 Å². The van der Waals surface area contributed by atoms with Gasteiger partial charge >= 0.3 is 0 Å². The Bertz CT molecular complexity index is 825. The Kier molecular flexibility index (Phi) is 5.44. The number of fused-ring (bicyclic) bond motifs is 1. The molecule has 0 saturated carbocycles. The zero-order chi connectivity index (χ0) is 19.9. The van der Waals surface area contributed by atoms with Crippen molar-refractivity contribution in [3.63, 3.8) is 0 Å². The lowest BCUT2D eigenvalue weighted by Crippen LogP contribution is -2.45. The first-order chi connectivity index (χ1) is 12.7. The SMILES string of the molecule is CCN=C1S/C(=C\c2cc3c(cc2C)N(C)C(C)(C)CC3C)C(=O)N1CC. The van der Waals surface area contributed by atoms with Crippen LogP contribution in [0.15, 0.2) is 22.0 Å². The largest absolute Gasteiger partial charge is 0.369 e. The van der Waals surface area contributed by atoms with E-state index >= 15 is 0 Å². The fourth-order valence-corrected chi connectivity index (χ4v) is 5.17. The smallest absolute Gasteiger partial charge is 0.266 e. The molecule has 0 spiro atoms. The minimum absolute atomic E-state index is 0.0677. The van der Waals surface area contributed by atoms with E-state index in [-0.39, 0.29) is 11.4 Å². The summed E-state index contributed by atoms with van der Waals surface area (Å²) in [6, 6.07) is 4.56. The average molecular weight is 386 g/mol. The van der Waals surface area contributed by atoms with Gasteiger partial charge in [-0.1, -0.05) is 6.92 Å². The molecule has 5 heteroatoms. The van der Waals surface area contributed by atoms with Gasteiger partial charge in [-0.3, -0.25) is 14.7 Å². The summed E-state index contributed by atoms with van der Waals surface area (Å²) in [7, 11) is 2.19. The fraction of sp³-hybridized carbons (Fsp3) is 0.545. The number of nitrogens with zero attached hydrogens (tertiary/aromatic N) is 3. The number of rotatable bonds is 3. The highest BCUT2D eigenvalue weighted by atomic mass is 32.2. The summed E-state index contributed by atoms with van der Waals surface area (Å²) in [6.45, 7) is 14.4. The molecule has 1 amide bonds. The summed E-state index contributed by atoms with van der Waals surface area (Å²) in [5, 5.41) is 0.821. The van der Waals surface area contributed by atoms with E-state index in [0.717, 1.165) is 22.1 Å². The number of aryl methyl sites for hydroxylation is 1. The maximum absolute atomic E-state index is 12.8. The third-order valence-corrected chi connectivity index (χ3v) is 6.85. The van der Waals surface area contributed by atoms with Crippen LogP contribution < -0.4 is 4.90 Å². The fourth-order valence-electron chi connectivity index (χ4n) is 4.07. The number of likely N-dealkylation sites (N-methyl/N-ethyl adjacent to an activating group) is 1. The molecule has 27 heavy (non-hydrogen) atoms. The molecule has 1 aromatic rings. The Morgan fingerprint density at radius 1 is 1.33 bits per heavy atom. The minimum atomic E-state index is 0.0677. The summed E-state index contributed by atoms with van der Waals surface area (Å²) in [5.74, 6) is 0.568. The Morgan fingerprint density at radius 2 is 2.04 bits per heavy atom. The summed E-state index contributed by atoms with van der Waals surface area (Å²) < 4.78 is 0.